The van der Waals surface area contributed by atoms with Gasteiger partial charge in [0.15, 0.2) is 0 Å². The monoisotopic (exact) mass is 255 g/mol. The van der Waals surface area contributed by atoms with Crippen molar-refractivity contribution in [2.24, 2.45) is 5.73 Å². The summed E-state index contributed by atoms with van der Waals surface area (Å²) >= 11 is 0. The molecule has 0 aliphatic rings. The first-order valence-electron chi connectivity index (χ1n) is 6.46. The Morgan fingerprint density at radius 1 is 1.00 bits per heavy atom. The number of ether oxygens (including phenoxy) is 1. The Morgan fingerprint density at radius 3 is 2.16 bits per heavy atom. The van der Waals surface area contributed by atoms with E-state index in [0.29, 0.717) is 0 Å². The second kappa shape index (κ2) is 5.06. The molecule has 0 fully saturated rings. The topological polar surface area (TPSA) is 35.2 Å². The van der Waals surface area contributed by atoms with Gasteiger partial charge in [0.2, 0.25) is 0 Å². The summed E-state index contributed by atoms with van der Waals surface area (Å²) < 4.78 is 5.24. The molecule has 0 radical (unpaired) electrons. The van der Waals surface area contributed by atoms with Crippen molar-refractivity contribution in [1.82, 2.24) is 0 Å². The molecule has 100 valence electrons. The summed E-state index contributed by atoms with van der Waals surface area (Å²) in [6.07, 6.45) is 0. The molecule has 2 rings (SSSR count). The van der Waals surface area contributed by atoms with E-state index in [2.05, 4.69) is 38.1 Å². The molecule has 0 saturated heterocycles. The smallest absolute Gasteiger partial charge is 0.119 e. The quantitative estimate of drug-likeness (QED) is 0.910. The molecule has 0 heterocycles. The lowest BCUT2D eigenvalue weighted by atomic mass is 9.83. The SMILES string of the molecule is COc1ccc(C(C)(N)c2ccc(C)cc2)c(C)c1. The third-order valence-corrected chi connectivity index (χ3v) is 3.64. The second-order valence-corrected chi connectivity index (χ2v) is 5.25. The number of aryl methyl sites for hydroxylation is 2. The van der Waals surface area contributed by atoms with Gasteiger partial charge in [-0.15, -0.1) is 0 Å². The summed E-state index contributed by atoms with van der Waals surface area (Å²) in [5.74, 6) is 0.862. The predicted octanol–water partition coefficient (Wildman–Crippen LogP) is 3.53. The summed E-state index contributed by atoms with van der Waals surface area (Å²) in [5.41, 5.74) is 10.7. The zero-order valence-corrected chi connectivity index (χ0v) is 12.0. The fourth-order valence-electron chi connectivity index (χ4n) is 2.40. The zero-order chi connectivity index (χ0) is 14.0. The van der Waals surface area contributed by atoms with Crippen LogP contribution in [-0.2, 0) is 5.54 Å². The van der Waals surface area contributed by atoms with Crippen molar-refractivity contribution >= 4 is 0 Å². The number of benzene rings is 2. The Hall–Kier alpha value is -1.80. The van der Waals surface area contributed by atoms with Gasteiger partial charge in [-0.1, -0.05) is 35.9 Å². The van der Waals surface area contributed by atoms with Crippen molar-refractivity contribution in [2.75, 3.05) is 7.11 Å². The first-order valence-corrected chi connectivity index (χ1v) is 6.46. The maximum Gasteiger partial charge on any atom is 0.119 e. The van der Waals surface area contributed by atoms with Gasteiger partial charge in [-0.3, -0.25) is 0 Å². The molecule has 2 nitrogen and oxygen atoms in total. The van der Waals surface area contributed by atoms with E-state index in [1.807, 2.05) is 25.1 Å². The Kier molecular flexibility index (Phi) is 3.63. The van der Waals surface area contributed by atoms with E-state index >= 15 is 0 Å². The van der Waals surface area contributed by atoms with Gasteiger partial charge in [0, 0.05) is 0 Å². The van der Waals surface area contributed by atoms with Crippen LogP contribution >= 0.6 is 0 Å². The summed E-state index contributed by atoms with van der Waals surface area (Å²) in [5, 5.41) is 0. The molecule has 1 unspecified atom stereocenters. The number of methoxy groups -OCH3 is 1. The van der Waals surface area contributed by atoms with Gasteiger partial charge < -0.3 is 10.5 Å². The van der Waals surface area contributed by atoms with Crippen LogP contribution < -0.4 is 10.5 Å². The minimum Gasteiger partial charge on any atom is -0.497 e. The number of nitrogens with two attached hydrogens (primary N) is 1. The Labute approximate surface area is 115 Å². The minimum atomic E-state index is -0.496. The van der Waals surface area contributed by atoms with E-state index in [-0.39, 0.29) is 0 Å². The molecule has 19 heavy (non-hydrogen) atoms. The van der Waals surface area contributed by atoms with Crippen molar-refractivity contribution < 1.29 is 4.74 Å². The van der Waals surface area contributed by atoms with Gasteiger partial charge in [0.05, 0.1) is 12.6 Å². The fourth-order valence-corrected chi connectivity index (χ4v) is 2.40. The van der Waals surface area contributed by atoms with E-state index in [4.69, 9.17) is 10.5 Å². The minimum absolute atomic E-state index is 0.496. The lowest BCUT2D eigenvalue weighted by molar-refractivity contribution is 0.414. The van der Waals surface area contributed by atoms with Crippen molar-refractivity contribution in [3.8, 4) is 5.75 Å². The van der Waals surface area contributed by atoms with Crippen LogP contribution in [0.1, 0.15) is 29.2 Å². The molecule has 0 aliphatic heterocycles. The zero-order valence-electron chi connectivity index (χ0n) is 12.0. The van der Waals surface area contributed by atoms with Crippen LogP contribution in [-0.4, -0.2) is 7.11 Å². The average molecular weight is 255 g/mol. The molecule has 0 aliphatic carbocycles. The molecular weight excluding hydrogens is 234 g/mol. The van der Waals surface area contributed by atoms with Crippen molar-refractivity contribution in [3.63, 3.8) is 0 Å². The summed E-state index contributed by atoms with van der Waals surface area (Å²) in [4.78, 5) is 0. The predicted molar refractivity (Wildman–Crippen MR) is 79.6 cm³/mol. The second-order valence-electron chi connectivity index (χ2n) is 5.25. The van der Waals surface area contributed by atoms with Gasteiger partial charge in [-0.25, -0.2) is 0 Å². The van der Waals surface area contributed by atoms with Crippen LogP contribution in [0.3, 0.4) is 0 Å². The van der Waals surface area contributed by atoms with Crippen LogP contribution in [0.5, 0.6) is 5.75 Å². The molecule has 2 N–H and O–H groups in total. The van der Waals surface area contributed by atoms with Gasteiger partial charge in [0.1, 0.15) is 5.75 Å². The molecule has 2 aromatic rings. The normalized spacial score (nSPS) is 13.9. The molecule has 0 spiro atoms. The van der Waals surface area contributed by atoms with Crippen LogP contribution in [0.15, 0.2) is 42.5 Å². The molecule has 1 atom stereocenters. The first-order chi connectivity index (χ1) is 8.95. The van der Waals surface area contributed by atoms with Gasteiger partial charge in [0.25, 0.3) is 0 Å². The molecule has 2 aromatic carbocycles. The highest BCUT2D eigenvalue weighted by molar-refractivity contribution is 5.44. The third kappa shape index (κ3) is 2.64. The lowest BCUT2D eigenvalue weighted by Gasteiger charge is -2.28. The summed E-state index contributed by atoms with van der Waals surface area (Å²) in [6.45, 7) is 6.19. The average Bonchev–Trinajstić information content (AvgIpc) is 2.38. The Morgan fingerprint density at radius 2 is 1.63 bits per heavy atom. The molecule has 0 amide bonds. The highest BCUT2D eigenvalue weighted by Gasteiger charge is 2.25. The van der Waals surface area contributed by atoms with E-state index in [1.165, 1.54) is 5.56 Å². The Bertz CT molecular complexity index is 570. The van der Waals surface area contributed by atoms with Crippen LogP contribution in [0.4, 0.5) is 0 Å². The Balaban J connectivity index is 2.46. The molecule has 0 aromatic heterocycles. The van der Waals surface area contributed by atoms with Crippen molar-refractivity contribution in [3.05, 3.63) is 64.7 Å². The first kappa shape index (κ1) is 13.6. The highest BCUT2D eigenvalue weighted by Crippen LogP contribution is 2.31. The molecular formula is C17H21NO. The standard InChI is InChI=1S/C17H21NO/c1-12-5-7-14(8-6-12)17(3,18)16-10-9-15(19-4)11-13(16)2/h5-11H,18H2,1-4H3. The lowest BCUT2D eigenvalue weighted by Crippen LogP contribution is -2.35. The molecule has 0 bridgehead atoms. The van der Waals surface area contributed by atoms with Crippen molar-refractivity contribution in [2.45, 2.75) is 26.3 Å². The van der Waals surface area contributed by atoms with Gasteiger partial charge in [-0.05, 0) is 49.6 Å². The highest BCUT2D eigenvalue weighted by atomic mass is 16.5. The maximum absolute atomic E-state index is 6.56. The van der Waals surface area contributed by atoms with E-state index < -0.39 is 5.54 Å². The number of hydrogen-bond acceptors (Lipinski definition) is 2. The fraction of sp³-hybridized carbons (Fsp3) is 0.294. The van der Waals surface area contributed by atoms with Crippen molar-refractivity contribution in [1.29, 1.82) is 0 Å². The van der Waals surface area contributed by atoms with E-state index in [1.54, 1.807) is 7.11 Å². The largest absolute Gasteiger partial charge is 0.497 e. The molecule has 2 heteroatoms. The van der Waals surface area contributed by atoms with Crippen LogP contribution in [0.25, 0.3) is 0 Å². The molecule has 0 saturated carbocycles. The summed E-state index contributed by atoms with van der Waals surface area (Å²) in [7, 11) is 1.68. The summed E-state index contributed by atoms with van der Waals surface area (Å²) in [6, 6.07) is 14.4. The van der Waals surface area contributed by atoms with E-state index in [9.17, 15) is 0 Å². The van der Waals surface area contributed by atoms with Gasteiger partial charge in [-0.2, -0.15) is 0 Å². The van der Waals surface area contributed by atoms with E-state index in [0.717, 1.165) is 22.4 Å². The number of hydrogen-bond donors (Lipinski definition) is 1. The number of rotatable bonds is 3. The third-order valence-electron chi connectivity index (χ3n) is 3.64. The van der Waals surface area contributed by atoms with Crippen LogP contribution in [0.2, 0.25) is 0 Å². The maximum atomic E-state index is 6.56. The van der Waals surface area contributed by atoms with Gasteiger partial charge >= 0.3 is 0 Å². The van der Waals surface area contributed by atoms with Crippen LogP contribution in [0, 0.1) is 13.8 Å².